The summed E-state index contributed by atoms with van der Waals surface area (Å²) in [6, 6.07) is 7.24. The van der Waals surface area contributed by atoms with E-state index >= 15 is 0 Å². The Morgan fingerprint density at radius 3 is 2.59 bits per heavy atom. The molecule has 0 radical (unpaired) electrons. The van der Waals surface area contributed by atoms with Crippen LogP contribution in [0.2, 0.25) is 5.02 Å². The van der Waals surface area contributed by atoms with E-state index in [2.05, 4.69) is 11.8 Å². The molecule has 0 spiro atoms. The van der Waals surface area contributed by atoms with Crippen molar-refractivity contribution in [1.82, 2.24) is 4.90 Å². The number of nitrogens with zero attached hydrogens (tertiary/aromatic N) is 1. The van der Waals surface area contributed by atoms with Gasteiger partial charge in [0, 0.05) is 11.6 Å². The smallest absolute Gasteiger partial charge is 0.119 e. The normalized spacial score (nSPS) is 18.3. The lowest BCUT2D eigenvalue weighted by molar-refractivity contribution is 0.00333. The molecule has 1 fully saturated rings. The van der Waals surface area contributed by atoms with Gasteiger partial charge in [0.2, 0.25) is 0 Å². The first-order chi connectivity index (χ1) is 10.6. The van der Waals surface area contributed by atoms with Crippen molar-refractivity contribution in [3.05, 3.63) is 29.3 Å². The van der Waals surface area contributed by atoms with Crippen LogP contribution in [-0.2, 0) is 4.74 Å². The van der Waals surface area contributed by atoms with E-state index in [0.29, 0.717) is 31.4 Å². The fourth-order valence-corrected chi connectivity index (χ4v) is 2.69. The van der Waals surface area contributed by atoms with E-state index < -0.39 is 6.10 Å². The minimum absolute atomic E-state index is 0.357. The van der Waals surface area contributed by atoms with Crippen LogP contribution in [0.1, 0.15) is 19.8 Å². The predicted molar refractivity (Wildman–Crippen MR) is 88.6 cm³/mol. The second kappa shape index (κ2) is 9.36. The summed E-state index contributed by atoms with van der Waals surface area (Å²) in [6.07, 6.45) is 2.02. The van der Waals surface area contributed by atoms with E-state index in [9.17, 15) is 5.11 Å². The molecule has 1 saturated heterocycles. The summed E-state index contributed by atoms with van der Waals surface area (Å²) >= 11 is 5.81. The molecule has 1 aliphatic rings. The molecule has 1 aliphatic heterocycles. The minimum atomic E-state index is -0.427. The second-order valence-corrected chi connectivity index (χ2v) is 6.45. The second-order valence-electron chi connectivity index (χ2n) is 6.01. The first-order valence-corrected chi connectivity index (χ1v) is 8.38. The molecule has 0 unspecified atom stereocenters. The molecular weight excluding hydrogens is 302 g/mol. The van der Waals surface area contributed by atoms with Crippen LogP contribution in [0.5, 0.6) is 5.75 Å². The number of benzene rings is 1. The monoisotopic (exact) mass is 327 g/mol. The van der Waals surface area contributed by atoms with Crippen molar-refractivity contribution in [3.63, 3.8) is 0 Å². The maximum absolute atomic E-state index is 9.99. The van der Waals surface area contributed by atoms with Crippen LogP contribution >= 0.6 is 11.6 Å². The Morgan fingerprint density at radius 1 is 1.23 bits per heavy atom. The molecule has 5 heteroatoms. The number of aliphatic hydroxyl groups is 1. The van der Waals surface area contributed by atoms with Crippen LogP contribution < -0.4 is 4.74 Å². The van der Waals surface area contributed by atoms with Gasteiger partial charge in [-0.1, -0.05) is 18.5 Å². The van der Waals surface area contributed by atoms with Crippen LogP contribution in [0, 0.1) is 5.92 Å². The van der Waals surface area contributed by atoms with Gasteiger partial charge in [-0.3, -0.25) is 0 Å². The lowest BCUT2D eigenvalue weighted by atomic mass is 9.99. The molecule has 2 rings (SSSR count). The number of likely N-dealkylation sites (tertiary alicyclic amines) is 1. The van der Waals surface area contributed by atoms with E-state index in [4.69, 9.17) is 21.1 Å². The van der Waals surface area contributed by atoms with Gasteiger partial charge in [0.05, 0.1) is 19.3 Å². The van der Waals surface area contributed by atoms with Crippen molar-refractivity contribution >= 4 is 11.6 Å². The number of halogens is 1. The van der Waals surface area contributed by atoms with Gasteiger partial charge in [0.25, 0.3) is 0 Å². The van der Waals surface area contributed by atoms with Gasteiger partial charge in [-0.2, -0.15) is 0 Å². The van der Waals surface area contributed by atoms with Crippen molar-refractivity contribution in [3.8, 4) is 5.75 Å². The molecule has 1 aromatic carbocycles. The van der Waals surface area contributed by atoms with Crippen molar-refractivity contribution in [2.75, 3.05) is 39.5 Å². The van der Waals surface area contributed by atoms with E-state index in [1.807, 2.05) is 12.1 Å². The fraction of sp³-hybridized carbons (Fsp3) is 0.647. The molecule has 0 aliphatic carbocycles. The highest BCUT2D eigenvalue weighted by molar-refractivity contribution is 6.30. The minimum Gasteiger partial charge on any atom is -0.491 e. The van der Waals surface area contributed by atoms with Gasteiger partial charge in [-0.05, 0) is 56.1 Å². The molecule has 124 valence electrons. The Balaban J connectivity index is 1.51. The molecule has 1 N–H and O–H groups in total. The number of ether oxygens (including phenoxy) is 2. The van der Waals surface area contributed by atoms with Crippen molar-refractivity contribution in [2.24, 2.45) is 5.92 Å². The van der Waals surface area contributed by atoms with Gasteiger partial charge in [0.15, 0.2) is 0 Å². The Bertz CT molecular complexity index is 418. The van der Waals surface area contributed by atoms with E-state index in [1.54, 1.807) is 12.1 Å². The molecular formula is C17H26ClNO3. The summed E-state index contributed by atoms with van der Waals surface area (Å²) in [5.41, 5.74) is 0. The molecule has 0 amide bonds. The fourth-order valence-electron chi connectivity index (χ4n) is 2.56. The maximum atomic E-state index is 9.99. The SMILES string of the molecule is CC1CCN(C[C@@H](O)COCCOc2ccc(Cl)cc2)CC1. The standard InChI is InChI=1S/C17H26ClNO3/c1-14-6-8-19(9-7-14)12-16(20)13-21-10-11-22-17-4-2-15(18)3-5-17/h2-5,14,16,20H,6-13H2,1H3/t16-/m1/s1. The quantitative estimate of drug-likeness (QED) is 0.746. The van der Waals surface area contributed by atoms with Gasteiger partial charge in [-0.15, -0.1) is 0 Å². The molecule has 0 bridgehead atoms. The predicted octanol–water partition coefficient (Wildman–Crippen LogP) is 2.83. The van der Waals surface area contributed by atoms with Crippen molar-refractivity contribution in [1.29, 1.82) is 0 Å². The Hall–Kier alpha value is -0.810. The summed E-state index contributed by atoms with van der Waals surface area (Å²) in [6.45, 7) is 6.44. The van der Waals surface area contributed by atoms with Crippen molar-refractivity contribution < 1.29 is 14.6 Å². The zero-order chi connectivity index (χ0) is 15.8. The zero-order valence-corrected chi connectivity index (χ0v) is 14.0. The third-order valence-electron chi connectivity index (χ3n) is 3.97. The third kappa shape index (κ3) is 6.53. The van der Waals surface area contributed by atoms with Crippen LogP contribution in [0.3, 0.4) is 0 Å². The average molecular weight is 328 g/mol. The van der Waals surface area contributed by atoms with Gasteiger partial charge in [0.1, 0.15) is 12.4 Å². The van der Waals surface area contributed by atoms with Gasteiger partial charge in [-0.25, -0.2) is 0 Å². The molecule has 4 nitrogen and oxygen atoms in total. The van der Waals surface area contributed by atoms with Crippen LogP contribution in [-0.4, -0.2) is 55.6 Å². The molecule has 0 saturated carbocycles. The summed E-state index contributed by atoms with van der Waals surface area (Å²) in [5, 5.41) is 10.7. The lowest BCUT2D eigenvalue weighted by Gasteiger charge is -2.31. The molecule has 1 heterocycles. The Labute approximate surface area is 138 Å². The third-order valence-corrected chi connectivity index (χ3v) is 4.22. The number of aliphatic hydroxyl groups excluding tert-OH is 1. The molecule has 1 aromatic rings. The molecule has 22 heavy (non-hydrogen) atoms. The van der Waals surface area contributed by atoms with Gasteiger partial charge >= 0.3 is 0 Å². The molecule has 1 atom stereocenters. The number of hydrogen-bond acceptors (Lipinski definition) is 4. The summed E-state index contributed by atoms with van der Waals surface area (Å²) in [7, 11) is 0. The van der Waals surface area contributed by atoms with Crippen LogP contribution in [0.25, 0.3) is 0 Å². The van der Waals surface area contributed by atoms with E-state index in [1.165, 1.54) is 12.8 Å². The number of rotatable bonds is 8. The largest absolute Gasteiger partial charge is 0.491 e. The average Bonchev–Trinajstić information content (AvgIpc) is 2.51. The molecule has 0 aromatic heterocycles. The zero-order valence-electron chi connectivity index (χ0n) is 13.2. The summed E-state index contributed by atoms with van der Waals surface area (Å²) in [4.78, 5) is 2.32. The first kappa shape index (κ1) is 17.5. The van der Waals surface area contributed by atoms with E-state index in [-0.39, 0.29) is 0 Å². The summed E-state index contributed by atoms with van der Waals surface area (Å²) in [5.74, 6) is 1.59. The highest BCUT2D eigenvalue weighted by Crippen LogP contribution is 2.16. The van der Waals surface area contributed by atoms with Crippen LogP contribution in [0.15, 0.2) is 24.3 Å². The highest BCUT2D eigenvalue weighted by atomic mass is 35.5. The number of piperidine rings is 1. The van der Waals surface area contributed by atoms with Crippen molar-refractivity contribution in [2.45, 2.75) is 25.9 Å². The first-order valence-electron chi connectivity index (χ1n) is 8.00. The maximum Gasteiger partial charge on any atom is 0.119 e. The van der Waals surface area contributed by atoms with E-state index in [0.717, 1.165) is 24.8 Å². The van der Waals surface area contributed by atoms with Crippen LogP contribution in [0.4, 0.5) is 0 Å². The topological polar surface area (TPSA) is 41.9 Å². The number of hydrogen-bond donors (Lipinski definition) is 1. The van der Waals surface area contributed by atoms with Gasteiger partial charge < -0.3 is 19.5 Å². The lowest BCUT2D eigenvalue weighted by Crippen LogP contribution is -2.40. The highest BCUT2D eigenvalue weighted by Gasteiger charge is 2.18. The number of β-amino-alcohol motifs (C(OH)–C–C–N with tert-alkyl or cyclic N) is 1. The summed E-state index contributed by atoms with van der Waals surface area (Å²) < 4.78 is 11.0. The Kier molecular flexibility index (Phi) is 7.46. The Morgan fingerprint density at radius 2 is 1.91 bits per heavy atom.